The molecule has 0 atom stereocenters. The molecule has 1 aromatic carbocycles. The topological polar surface area (TPSA) is 76.6 Å². The van der Waals surface area contributed by atoms with Gasteiger partial charge in [0.15, 0.2) is 0 Å². The first kappa shape index (κ1) is 21.6. The highest BCUT2D eigenvalue weighted by molar-refractivity contribution is 5.82. The summed E-state index contributed by atoms with van der Waals surface area (Å²) in [6.07, 6.45) is 12.1. The first-order valence-corrected chi connectivity index (χ1v) is 11.8. The van der Waals surface area contributed by atoms with E-state index in [0.717, 1.165) is 70.6 Å². The number of hydrogen-bond donors (Lipinski definition) is 1. The fourth-order valence-corrected chi connectivity index (χ4v) is 5.09. The van der Waals surface area contributed by atoms with Gasteiger partial charge in [0.25, 0.3) is 5.56 Å². The molecule has 0 amide bonds. The smallest absolute Gasteiger partial charge is 0.334 e. The molecule has 1 heterocycles. The highest BCUT2D eigenvalue weighted by atomic mass is 16.3. The average molecular weight is 424 g/mol. The molecule has 2 aliphatic rings. The Hall–Kier alpha value is -2.63. The summed E-state index contributed by atoms with van der Waals surface area (Å²) in [5.74, 6) is -0.211. The molecule has 2 aromatic rings. The van der Waals surface area contributed by atoms with Crippen molar-refractivity contribution < 1.29 is 5.11 Å². The summed E-state index contributed by atoms with van der Waals surface area (Å²) in [5.41, 5.74) is 0.590. The van der Waals surface area contributed by atoms with Crippen molar-refractivity contribution >= 4 is 6.21 Å². The van der Waals surface area contributed by atoms with Gasteiger partial charge in [0.2, 0.25) is 5.88 Å². The van der Waals surface area contributed by atoms with E-state index >= 15 is 0 Å². The molecule has 6 heteroatoms. The number of hydrogen-bond acceptors (Lipinski definition) is 4. The molecular weight excluding hydrogens is 390 g/mol. The fraction of sp³-hybridized carbons (Fsp3) is 0.560. The Morgan fingerprint density at radius 3 is 2.06 bits per heavy atom. The standard InChI is InChI=1S/C25H33N3O3/c29-23-22(18-26-17-16-19-10-4-1-5-11-19)24(30)28(21-14-8-3-9-15-21)25(31)27(23)20-12-6-2-7-13-20/h1,4-5,10-11,18,20-21,29H,2-3,6-9,12-17H2. The second-order valence-corrected chi connectivity index (χ2v) is 8.92. The predicted molar refractivity (Wildman–Crippen MR) is 123 cm³/mol. The first-order valence-electron chi connectivity index (χ1n) is 11.8. The lowest BCUT2D eigenvalue weighted by Crippen LogP contribution is -2.45. The maximum Gasteiger partial charge on any atom is 0.334 e. The number of aromatic hydroxyl groups is 1. The van der Waals surface area contributed by atoms with E-state index in [9.17, 15) is 14.7 Å². The van der Waals surface area contributed by atoms with Gasteiger partial charge >= 0.3 is 5.69 Å². The van der Waals surface area contributed by atoms with Crippen molar-refractivity contribution in [2.24, 2.45) is 4.99 Å². The van der Waals surface area contributed by atoms with Crippen LogP contribution in [-0.4, -0.2) is 27.0 Å². The van der Waals surface area contributed by atoms with E-state index in [2.05, 4.69) is 4.99 Å². The van der Waals surface area contributed by atoms with Gasteiger partial charge in [-0.15, -0.1) is 0 Å². The van der Waals surface area contributed by atoms with Crippen molar-refractivity contribution in [2.75, 3.05) is 6.54 Å². The molecule has 0 unspecified atom stereocenters. The van der Waals surface area contributed by atoms with E-state index in [0.29, 0.717) is 6.54 Å². The number of nitrogens with zero attached hydrogens (tertiary/aromatic N) is 3. The summed E-state index contributed by atoms with van der Waals surface area (Å²) in [5, 5.41) is 11.0. The second kappa shape index (κ2) is 10.1. The molecule has 0 bridgehead atoms. The van der Waals surface area contributed by atoms with E-state index in [-0.39, 0.29) is 29.2 Å². The van der Waals surface area contributed by atoms with Crippen molar-refractivity contribution in [3.63, 3.8) is 0 Å². The maximum atomic E-state index is 13.4. The van der Waals surface area contributed by atoms with Crippen LogP contribution in [0.25, 0.3) is 0 Å². The highest BCUT2D eigenvalue weighted by Crippen LogP contribution is 2.31. The Balaban J connectivity index is 1.69. The van der Waals surface area contributed by atoms with Crippen molar-refractivity contribution in [3.8, 4) is 5.88 Å². The minimum Gasteiger partial charge on any atom is -0.494 e. The lowest BCUT2D eigenvalue weighted by atomic mass is 9.94. The number of aliphatic imine (C=N–C) groups is 1. The van der Waals surface area contributed by atoms with Gasteiger partial charge in [-0.2, -0.15) is 0 Å². The predicted octanol–water partition coefficient (Wildman–Crippen LogP) is 4.39. The van der Waals surface area contributed by atoms with Crippen LogP contribution in [0.2, 0.25) is 0 Å². The van der Waals surface area contributed by atoms with Crippen LogP contribution in [0.4, 0.5) is 0 Å². The minimum atomic E-state index is -0.398. The molecule has 1 N–H and O–H groups in total. The number of rotatable bonds is 6. The van der Waals surface area contributed by atoms with Crippen molar-refractivity contribution in [2.45, 2.75) is 82.7 Å². The maximum absolute atomic E-state index is 13.4. The molecule has 0 aliphatic heterocycles. The first-order chi connectivity index (χ1) is 15.2. The Kier molecular flexibility index (Phi) is 7.05. The highest BCUT2D eigenvalue weighted by Gasteiger charge is 2.28. The third-order valence-corrected chi connectivity index (χ3v) is 6.80. The zero-order valence-electron chi connectivity index (χ0n) is 18.2. The molecule has 1 aromatic heterocycles. The van der Waals surface area contributed by atoms with Gasteiger partial charge in [0.1, 0.15) is 5.56 Å². The summed E-state index contributed by atoms with van der Waals surface area (Å²) >= 11 is 0. The van der Waals surface area contributed by atoms with Gasteiger partial charge in [-0.05, 0) is 37.7 Å². The lowest BCUT2D eigenvalue weighted by Gasteiger charge is -2.29. The molecule has 2 fully saturated rings. The van der Waals surface area contributed by atoms with Gasteiger partial charge < -0.3 is 5.11 Å². The third kappa shape index (κ3) is 4.83. The zero-order valence-corrected chi connectivity index (χ0v) is 18.2. The van der Waals surface area contributed by atoms with Gasteiger partial charge in [0, 0.05) is 24.8 Å². The van der Waals surface area contributed by atoms with Crippen LogP contribution in [-0.2, 0) is 6.42 Å². The average Bonchev–Trinajstić information content (AvgIpc) is 2.80. The summed E-state index contributed by atoms with van der Waals surface area (Å²) in [6, 6.07) is 9.93. The number of aromatic nitrogens is 2. The van der Waals surface area contributed by atoms with E-state index in [1.807, 2.05) is 30.3 Å². The van der Waals surface area contributed by atoms with Crippen molar-refractivity contribution in [1.82, 2.24) is 9.13 Å². The van der Waals surface area contributed by atoms with Crippen LogP contribution in [0.3, 0.4) is 0 Å². The summed E-state index contributed by atoms with van der Waals surface area (Å²) in [6.45, 7) is 0.523. The Morgan fingerprint density at radius 1 is 0.871 bits per heavy atom. The summed E-state index contributed by atoms with van der Waals surface area (Å²) in [4.78, 5) is 31.2. The van der Waals surface area contributed by atoms with E-state index in [4.69, 9.17) is 0 Å². The summed E-state index contributed by atoms with van der Waals surface area (Å²) in [7, 11) is 0. The molecule has 4 rings (SSSR count). The molecule has 166 valence electrons. The van der Waals surface area contributed by atoms with Crippen molar-refractivity contribution in [3.05, 3.63) is 62.3 Å². The van der Waals surface area contributed by atoms with Gasteiger partial charge in [-0.1, -0.05) is 68.9 Å². The van der Waals surface area contributed by atoms with Gasteiger partial charge in [-0.3, -0.25) is 18.9 Å². The molecule has 31 heavy (non-hydrogen) atoms. The quantitative estimate of drug-likeness (QED) is 0.700. The Bertz CT molecular complexity index is 1010. The SMILES string of the molecule is O=c1c(C=NCCc2ccccc2)c(O)n(C2CCCCC2)c(=O)n1C1CCCCC1. The van der Waals surface area contributed by atoms with Crippen LogP contribution in [0, 0.1) is 0 Å². The van der Waals surface area contributed by atoms with Crippen LogP contribution in [0.5, 0.6) is 5.88 Å². The normalized spacial score (nSPS) is 18.6. The lowest BCUT2D eigenvalue weighted by molar-refractivity contribution is 0.271. The van der Waals surface area contributed by atoms with Crippen LogP contribution in [0.1, 0.15) is 87.4 Å². The Labute approximate surface area is 183 Å². The van der Waals surface area contributed by atoms with Crippen LogP contribution < -0.4 is 11.2 Å². The van der Waals surface area contributed by atoms with E-state index in [1.165, 1.54) is 20.9 Å². The Morgan fingerprint density at radius 2 is 1.45 bits per heavy atom. The second-order valence-electron chi connectivity index (χ2n) is 8.92. The minimum absolute atomic E-state index is 0.0480. The van der Waals surface area contributed by atoms with Gasteiger partial charge in [-0.25, -0.2) is 4.79 Å². The molecule has 0 spiro atoms. The van der Waals surface area contributed by atoms with Crippen molar-refractivity contribution in [1.29, 1.82) is 0 Å². The van der Waals surface area contributed by atoms with E-state index in [1.54, 1.807) is 0 Å². The number of benzene rings is 1. The van der Waals surface area contributed by atoms with Crippen LogP contribution in [0.15, 0.2) is 44.9 Å². The molecule has 6 nitrogen and oxygen atoms in total. The molecule has 0 radical (unpaired) electrons. The third-order valence-electron chi connectivity index (χ3n) is 6.80. The monoisotopic (exact) mass is 423 g/mol. The molecule has 0 saturated heterocycles. The largest absolute Gasteiger partial charge is 0.494 e. The molecule has 2 aliphatic carbocycles. The molecular formula is C25H33N3O3. The van der Waals surface area contributed by atoms with Crippen LogP contribution >= 0.6 is 0 Å². The van der Waals surface area contributed by atoms with Gasteiger partial charge in [0.05, 0.1) is 0 Å². The summed E-state index contributed by atoms with van der Waals surface area (Å²) < 4.78 is 2.92. The zero-order chi connectivity index (χ0) is 21.6. The fourth-order valence-electron chi connectivity index (χ4n) is 5.09. The molecule has 2 saturated carbocycles. The van der Waals surface area contributed by atoms with E-state index < -0.39 is 5.56 Å².